The zero-order valence-corrected chi connectivity index (χ0v) is 8.57. The maximum atomic E-state index is 5.64. The molecule has 14 heavy (non-hydrogen) atoms. The molecule has 0 aliphatic heterocycles. The van der Waals surface area contributed by atoms with E-state index >= 15 is 0 Å². The Bertz CT molecular complexity index is 254. The molecule has 0 spiro atoms. The smallest absolute Gasteiger partial charge is 0.121 e. The minimum absolute atomic E-state index is 0.134. The minimum atomic E-state index is 0.134. The summed E-state index contributed by atoms with van der Waals surface area (Å²) < 4.78 is 5.28. The number of nitrogens with two attached hydrogens (primary N) is 1. The van der Waals surface area contributed by atoms with E-state index in [9.17, 15) is 0 Å². The van der Waals surface area contributed by atoms with E-state index < -0.39 is 0 Å². The lowest BCUT2D eigenvalue weighted by Gasteiger charge is -2.13. The molecule has 1 heterocycles. The fourth-order valence-corrected chi connectivity index (χ4v) is 1.30. The summed E-state index contributed by atoms with van der Waals surface area (Å²) in [5.41, 5.74) is 5.64. The van der Waals surface area contributed by atoms with Crippen molar-refractivity contribution in [1.29, 1.82) is 0 Å². The molecule has 3 nitrogen and oxygen atoms in total. The van der Waals surface area contributed by atoms with Crippen LogP contribution in [0.25, 0.3) is 0 Å². The molecule has 0 amide bonds. The van der Waals surface area contributed by atoms with Gasteiger partial charge in [0.15, 0.2) is 0 Å². The number of allylic oxidation sites excluding steroid dienone is 1. The summed E-state index contributed by atoms with van der Waals surface area (Å²) in [5.74, 6) is 0.910. The van der Waals surface area contributed by atoms with Crippen LogP contribution in [-0.4, -0.2) is 13.1 Å². The summed E-state index contributed by atoms with van der Waals surface area (Å²) in [6.45, 7) is 3.50. The zero-order valence-electron chi connectivity index (χ0n) is 8.57. The first-order chi connectivity index (χ1) is 6.88. The summed E-state index contributed by atoms with van der Waals surface area (Å²) in [4.78, 5) is 0. The van der Waals surface area contributed by atoms with Crippen LogP contribution in [0.4, 0.5) is 0 Å². The van der Waals surface area contributed by atoms with Crippen molar-refractivity contribution < 1.29 is 4.42 Å². The predicted octanol–water partition coefficient (Wildman–Crippen LogP) is 1.84. The van der Waals surface area contributed by atoms with Gasteiger partial charge in [-0.05, 0) is 32.0 Å². The third-order valence-electron chi connectivity index (χ3n) is 2.06. The lowest BCUT2D eigenvalue weighted by molar-refractivity contribution is 0.419. The maximum absolute atomic E-state index is 5.64. The Kier molecular flexibility index (Phi) is 5.04. The van der Waals surface area contributed by atoms with Crippen molar-refractivity contribution in [3.8, 4) is 0 Å². The highest BCUT2D eigenvalue weighted by atomic mass is 16.3. The number of furan rings is 1. The summed E-state index contributed by atoms with van der Waals surface area (Å²) in [5, 5.41) is 3.34. The first-order valence-corrected chi connectivity index (χ1v) is 4.96. The molecule has 1 unspecified atom stereocenters. The molecule has 1 rings (SSSR count). The highest BCUT2D eigenvalue weighted by molar-refractivity contribution is 5.04. The van der Waals surface area contributed by atoms with Gasteiger partial charge >= 0.3 is 0 Å². The second kappa shape index (κ2) is 6.40. The van der Waals surface area contributed by atoms with Gasteiger partial charge in [0.2, 0.25) is 0 Å². The summed E-state index contributed by atoms with van der Waals surface area (Å²) in [7, 11) is 0. The number of nitrogens with one attached hydrogen (secondary N) is 1. The average Bonchev–Trinajstić information content (AvgIpc) is 2.71. The first kappa shape index (κ1) is 11.0. The van der Waals surface area contributed by atoms with Crippen molar-refractivity contribution in [1.82, 2.24) is 5.32 Å². The monoisotopic (exact) mass is 194 g/mol. The molecule has 1 aromatic rings. The van der Waals surface area contributed by atoms with Crippen LogP contribution >= 0.6 is 0 Å². The number of hydrogen-bond donors (Lipinski definition) is 2. The van der Waals surface area contributed by atoms with Gasteiger partial charge in [-0.25, -0.2) is 0 Å². The van der Waals surface area contributed by atoms with E-state index in [1.807, 2.05) is 25.1 Å². The molecule has 3 N–H and O–H groups in total. The molecular weight excluding hydrogens is 176 g/mol. The Morgan fingerprint density at radius 2 is 2.50 bits per heavy atom. The van der Waals surface area contributed by atoms with E-state index in [-0.39, 0.29) is 6.04 Å². The van der Waals surface area contributed by atoms with Gasteiger partial charge in [-0.2, -0.15) is 0 Å². The van der Waals surface area contributed by atoms with E-state index in [2.05, 4.69) is 11.4 Å². The van der Waals surface area contributed by atoms with Gasteiger partial charge in [-0.15, -0.1) is 0 Å². The van der Waals surface area contributed by atoms with Crippen LogP contribution in [0.3, 0.4) is 0 Å². The molecule has 0 bridgehead atoms. The molecule has 0 fully saturated rings. The van der Waals surface area contributed by atoms with Crippen molar-refractivity contribution in [2.75, 3.05) is 13.1 Å². The van der Waals surface area contributed by atoms with Crippen LogP contribution in [0.5, 0.6) is 0 Å². The Balaban J connectivity index is 2.33. The van der Waals surface area contributed by atoms with Crippen LogP contribution in [0, 0.1) is 0 Å². The van der Waals surface area contributed by atoms with Crippen molar-refractivity contribution in [2.24, 2.45) is 5.73 Å². The van der Waals surface area contributed by atoms with Crippen LogP contribution < -0.4 is 11.1 Å². The predicted molar refractivity (Wildman–Crippen MR) is 57.9 cm³/mol. The zero-order chi connectivity index (χ0) is 10.2. The topological polar surface area (TPSA) is 51.2 Å². The quantitative estimate of drug-likeness (QED) is 0.536. The highest BCUT2D eigenvalue weighted by Crippen LogP contribution is 2.11. The Morgan fingerprint density at radius 1 is 1.64 bits per heavy atom. The average molecular weight is 194 g/mol. The number of hydrogen-bond acceptors (Lipinski definition) is 3. The minimum Gasteiger partial charge on any atom is -0.468 e. The standard InChI is InChI=1S/C11H18N2O/c1-2-3-4-7-13-10(9-12)11-6-5-8-14-11/h2-3,5-6,8,10,13H,4,7,9,12H2,1H3/b3-2+. The molecule has 0 saturated heterocycles. The molecule has 78 valence electrons. The van der Waals surface area contributed by atoms with Gasteiger partial charge in [0, 0.05) is 6.54 Å². The summed E-state index contributed by atoms with van der Waals surface area (Å²) in [6, 6.07) is 3.96. The largest absolute Gasteiger partial charge is 0.468 e. The Morgan fingerprint density at radius 3 is 3.07 bits per heavy atom. The molecular formula is C11H18N2O. The van der Waals surface area contributed by atoms with Crippen LogP contribution in [0.15, 0.2) is 35.0 Å². The fourth-order valence-electron chi connectivity index (χ4n) is 1.30. The van der Waals surface area contributed by atoms with Crippen molar-refractivity contribution in [3.63, 3.8) is 0 Å². The number of rotatable bonds is 6. The fraction of sp³-hybridized carbons (Fsp3) is 0.455. The van der Waals surface area contributed by atoms with Crippen molar-refractivity contribution in [2.45, 2.75) is 19.4 Å². The van der Waals surface area contributed by atoms with Crippen molar-refractivity contribution >= 4 is 0 Å². The van der Waals surface area contributed by atoms with Crippen LogP contribution in [0.1, 0.15) is 25.1 Å². The van der Waals surface area contributed by atoms with Gasteiger partial charge in [0.1, 0.15) is 5.76 Å². The summed E-state index contributed by atoms with van der Waals surface area (Å²) >= 11 is 0. The van der Waals surface area contributed by atoms with Crippen LogP contribution in [0.2, 0.25) is 0 Å². The van der Waals surface area contributed by atoms with Gasteiger partial charge < -0.3 is 15.5 Å². The van der Waals surface area contributed by atoms with Gasteiger partial charge in [-0.1, -0.05) is 12.2 Å². The lowest BCUT2D eigenvalue weighted by atomic mass is 10.2. The second-order valence-electron chi connectivity index (χ2n) is 3.12. The molecule has 1 aromatic heterocycles. The molecule has 0 radical (unpaired) electrons. The van der Waals surface area contributed by atoms with Gasteiger partial charge in [0.25, 0.3) is 0 Å². The van der Waals surface area contributed by atoms with Crippen molar-refractivity contribution in [3.05, 3.63) is 36.3 Å². The van der Waals surface area contributed by atoms with E-state index in [1.54, 1.807) is 6.26 Å². The lowest BCUT2D eigenvalue weighted by Crippen LogP contribution is -2.28. The maximum Gasteiger partial charge on any atom is 0.121 e. The molecule has 0 aliphatic carbocycles. The van der Waals surface area contributed by atoms with Crippen LogP contribution in [-0.2, 0) is 0 Å². The molecule has 0 aliphatic rings. The Labute approximate surface area is 85.0 Å². The highest BCUT2D eigenvalue weighted by Gasteiger charge is 2.10. The third kappa shape index (κ3) is 3.36. The molecule has 1 atom stereocenters. The SMILES string of the molecule is C/C=C/CCNC(CN)c1ccco1. The van der Waals surface area contributed by atoms with E-state index in [0.29, 0.717) is 6.54 Å². The Hall–Kier alpha value is -1.06. The molecule has 0 aromatic carbocycles. The molecule has 0 saturated carbocycles. The molecule has 3 heteroatoms. The normalized spacial score (nSPS) is 13.6. The third-order valence-corrected chi connectivity index (χ3v) is 2.06. The first-order valence-electron chi connectivity index (χ1n) is 4.96. The second-order valence-corrected chi connectivity index (χ2v) is 3.12. The van der Waals surface area contributed by atoms with E-state index in [0.717, 1.165) is 18.7 Å². The van der Waals surface area contributed by atoms with E-state index in [4.69, 9.17) is 10.2 Å². The summed E-state index contributed by atoms with van der Waals surface area (Å²) in [6.07, 6.45) is 6.87. The van der Waals surface area contributed by atoms with Gasteiger partial charge in [-0.3, -0.25) is 0 Å². The van der Waals surface area contributed by atoms with E-state index in [1.165, 1.54) is 0 Å². The van der Waals surface area contributed by atoms with Gasteiger partial charge in [0.05, 0.1) is 12.3 Å².